The third-order valence-electron chi connectivity index (χ3n) is 2.01. The zero-order valence-corrected chi connectivity index (χ0v) is 11.6. The van der Waals surface area contributed by atoms with Crippen LogP contribution in [0.1, 0.15) is 27.7 Å². The lowest BCUT2D eigenvalue weighted by atomic mass is 10.2. The van der Waals surface area contributed by atoms with Crippen molar-refractivity contribution in [2.45, 2.75) is 33.3 Å². The number of nitrogens with zero attached hydrogens (tertiary/aromatic N) is 1. The van der Waals surface area contributed by atoms with Crippen LogP contribution in [-0.2, 0) is 19.1 Å². The van der Waals surface area contributed by atoms with E-state index in [4.69, 9.17) is 4.74 Å². The highest BCUT2D eigenvalue weighted by atomic mass is 16.6. The predicted octanol–water partition coefficient (Wildman–Crippen LogP) is 1.07. The van der Waals surface area contributed by atoms with Crippen LogP contribution in [0.15, 0.2) is 0 Å². The first-order valence-electron chi connectivity index (χ1n) is 5.64. The Balaban J connectivity index is 4.06. The van der Waals surface area contributed by atoms with E-state index >= 15 is 0 Å². The van der Waals surface area contributed by atoms with Crippen LogP contribution in [0.5, 0.6) is 0 Å². The molecule has 0 aliphatic carbocycles. The molecular formula is C12H23NO4. The fraction of sp³-hybridized carbons (Fsp3) is 0.833. The zero-order chi connectivity index (χ0) is 13.6. The van der Waals surface area contributed by atoms with Gasteiger partial charge >= 0.3 is 11.9 Å². The molecule has 5 heteroatoms. The van der Waals surface area contributed by atoms with Gasteiger partial charge in [0.2, 0.25) is 0 Å². The van der Waals surface area contributed by atoms with Gasteiger partial charge in [-0.1, -0.05) is 6.92 Å². The molecule has 0 aromatic carbocycles. The molecule has 0 aliphatic rings. The van der Waals surface area contributed by atoms with Gasteiger partial charge in [0.05, 0.1) is 19.6 Å². The summed E-state index contributed by atoms with van der Waals surface area (Å²) in [6, 6.07) is 0. The Morgan fingerprint density at radius 2 is 1.82 bits per heavy atom. The summed E-state index contributed by atoms with van der Waals surface area (Å²) in [5.41, 5.74) is -0.480. The molecule has 0 fully saturated rings. The van der Waals surface area contributed by atoms with Crippen LogP contribution < -0.4 is 0 Å². The van der Waals surface area contributed by atoms with Crippen molar-refractivity contribution < 1.29 is 19.1 Å². The van der Waals surface area contributed by atoms with Gasteiger partial charge in [-0.15, -0.1) is 0 Å². The van der Waals surface area contributed by atoms with Crippen molar-refractivity contribution in [2.24, 2.45) is 5.92 Å². The van der Waals surface area contributed by atoms with Crippen molar-refractivity contribution in [1.82, 2.24) is 4.90 Å². The maximum absolute atomic E-state index is 11.5. The van der Waals surface area contributed by atoms with Crippen molar-refractivity contribution in [2.75, 3.05) is 27.2 Å². The van der Waals surface area contributed by atoms with E-state index in [0.717, 1.165) is 0 Å². The minimum Gasteiger partial charge on any atom is -0.469 e. The zero-order valence-electron chi connectivity index (χ0n) is 11.6. The summed E-state index contributed by atoms with van der Waals surface area (Å²) in [4.78, 5) is 24.5. The van der Waals surface area contributed by atoms with E-state index in [1.807, 2.05) is 20.8 Å². The van der Waals surface area contributed by atoms with Crippen molar-refractivity contribution >= 4 is 11.9 Å². The first kappa shape index (κ1) is 15.9. The van der Waals surface area contributed by atoms with Gasteiger partial charge in [0, 0.05) is 6.54 Å². The molecule has 0 aromatic rings. The summed E-state index contributed by atoms with van der Waals surface area (Å²) in [5.74, 6) is -0.828. The Kier molecular flexibility index (Phi) is 6.16. The fourth-order valence-electron chi connectivity index (χ4n) is 1.40. The van der Waals surface area contributed by atoms with Crippen LogP contribution >= 0.6 is 0 Å². The first-order chi connectivity index (χ1) is 7.65. The second kappa shape index (κ2) is 6.59. The molecule has 100 valence electrons. The number of carbonyl (C=O) groups excluding carboxylic acids is 2. The van der Waals surface area contributed by atoms with Gasteiger partial charge in [-0.25, -0.2) is 0 Å². The lowest BCUT2D eigenvalue weighted by Gasteiger charge is -2.23. The standard InChI is InChI=1S/C12H23NO4/c1-9(11(15)16-6)7-13(5)8-10(14)17-12(2,3)4/h9H,7-8H2,1-6H3. The van der Waals surface area contributed by atoms with Crippen molar-refractivity contribution in [1.29, 1.82) is 0 Å². The molecule has 0 bridgehead atoms. The molecule has 0 heterocycles. The second-order valence-electron chi connectivity index (χ2n) is 5.21. The fourth-order valence-corrected chi connectivity index (χ4v) is 1.40. The minimum atomic E-state index is -0.480. The number of methoxy groups -OCH3 is 1. The van der Waals surface area contributed by atoms with Crippen LogP contribution in [-0.4, -0.2) is 49.7 Å². The topological polar surface area (TPSA) is 55.8 Å². The molecule has 0 aliphatic heterocycles. The van der Waals surface area contributed by atoms with E-state index in [-0.39, 0.29) is 24.4 Å². The summed E-state index contributed by atoms with van der Waals surface area (Å²) in [6.07, 6.45) is 0. The summed E-state index contributed by atoms with van der Waals surface area (Å²) >= 11 is 0. The van der Waals surface area contributed by atoms with E-state index in [1.165, 1.54) is 7.11 Å². The molecule has 0 amide bonds. The van der Waals surface area contributed by atoms with E-state index in [1.54, 1.807) is 18.9 Å². The van der Waals surface area contributed by atoms with E-state index in [0.29, 0.717) is 6.54 Å². The van der Waals surface area contributed by atoms with Crippen LogP contribution in [0, 0.1) is 5.92 Å². The molecule has 0 radical (unpaired) electrons. The molecule has 5 nitrogen and oxygen atoms in total. The Hall–Kier alpha value is -1.10. The number of hydrogen-bond acceptors (Lipinski definition) is 5. The second-order valence-corrected chi connectivity index (χ2v) is 5.21. The number of rotatable bonds is 5. The van der Waals surface area contributed by atoms with Crippen LogP contribution in [0.25, 0.3) is 0 Å². The molecule has 1 unspecified atom stereocenters. The van der Waals surface area contributed by atoms with Crippen LogP contribution in [0.3, 0.4) is 0 Å². The molecule has 0 rings (SSSR count). The molecule has 0 saturated carbocycles. The SMILES string of the molecule is COC(=O)C(C)CN(C)CC(=O)OC(C)(C)C. The quantitative estimate of drug-likeness (QED) is 0.678. The smallest absolute Gasteiger partial charge is 0.320 e. The monoisotopic (exact) mass is 245 g/mol. The van der Waals surface area contributed by atoms with Gasteiger partial charge in [0.1, 0.15) is 5.60 Å². The van der Waals surface area contributed by atoms with E-state index in [2.05, 4.69) is 4.74 Å². The van der Waals surface area contributed by atoms with Gasteiger partial charge in [-0.05, 0) is 27.8 Å². The van der Waals surface area contributed by atoms with Gasteiger partial charge in [0.15, 0.2) is 0 Å². The summed E-state index contributed by atoms with van der Waals surface area (Å²) in [6.45, 7) is 7.86. The molecule has 0 saturated heterocycles. The normalized spacial score (nSPS) is 13.4. The summed E-state index contributed by atoms with van der Waals surface area (Å²) < 4.78 is 9.80. The maximum Gasteiger partial charge on any atom is 0.320 e. The molecule has 0 spiro atoms. The number of ether oxygens (including phenoxy) is 2. The number of likely N-dealkylation sites (N-methyl/N-ethyl adjacent to an activating group) is 1. The Bertz CT molecular complexity index is 270. The average molecular weight is 245 g/mol. The molecule has 0 N–H and O–H groups in total. The maximum atomic E-state index is 11.5. The third kappa shape index (κ3) is 7.74. The molecule has 17 heavy (non-hydrogen) atoms. The van der Waals surface area contributed by atoms with Gasteiger partial charge < -0.3 is 9.47 Å². The Labute approximate surface area is 103 Å². The van der Waals surface area contributed by atoms with Crippen molar-refractivity contribution in [3.63, 3.8) is 0 Å². The van der Waals surface area contributed by atoms with Crippen LogP contribution in [0.4, 0.5) is 0 Å². The van der Waals surface area contributed by atoms with Crippen LogP contribution in [0.2, 0.25) is 0 Å². The Morgan fingerprint density at radius 1 is 1.29 bits per heavy atom. The predicted molar refractivity (Wildman–Crippen MR) is 64.5 cm³/mol. The molecular weight excluding hydrogens is 222 g/mol. The largest absolute Gasteiger partial charge is 0.469 e. The summed E-state index contributed by atoms with van der Waals surface area (Å²) in [5, 5.41) is 0. The Morgan fingerprint density at radius 3 is 2.24 bits per heavy atom. The highest BCUT2D eigenvalue weighted by molar-refractivity contribution is 5.73. The van der Waals surface area contributed by atoms with E-state index < -0.39 is 5.60 Å². The van der Waals surface area contributed by atoms with Gasteiger partial charge in [-0.2, -0.15) is 0 Å². The molecule has 0 aromatic heterocycles. The van der Waals surface area contributed by atoms with E-state index in [9.17, 15) is 9.59 Å². The minimum absolute atomic E-state index is 0.165. The lowest BCUT2D eigenvalue weighted by molar-refractivity contribution is -0.156. The highest BCUT2D eigenvalue weighted by Gasteiger charge is 2.20. The molecule has 1 atom stereocenters. The number of carbonyl (C=O) groups is 2. The average Bonchev–Trinajstić information content (AvgIpc) is 2.12. The number of esters is 2. The summed E-state index contributed by atoms with van der Waals surface area (Å²) in [7, 11) is 3.12. The van der Waals surface area contributed by atoms with Crippen molar-refractivity contribution in [3.8, 4) is 0 Å². The van der Waals surface area contributed by atoms with Gasteiger partial charge in [0.25, 0.3) is 0 Å². The first-order valence-corrected chi connectivity index (χ1v) is 5.64. The lowest BCUT2D eigenvalue weighted by Crippen LogP contribution is -2.36. The number of hydrogen-bond donors (Lipinski definition) is 0. The van der Waals surface area contributed by atoms with Crippen molar-refractivity contribution in [3.05, 3.63) is 0 Å². The highest BCUT2D eigenvalue weighted by Crippen LogP contribution is 2.08. The third-order valence-corrected chi connectivity index (χ3v) is 2.01. The van der Waals surface area contributed by atoms with Gasteiger partial charge in [-0.3, -0.25) is 14.5 Å².